The van der Waals surface area contributed by atoms with Crippen molar-refractivity contribution in [1.82, 2.24) is 9.78 Å². The number of amides is 1. The summed E-state index contributed by atoms with van der Waals surface area (Å²) in [5.41, 5.74) is -3.45. The number of aromatic nitrogens is 2. The van der Waals surface area contributed by atoms with Crippen LogP contribution in [0.3, 0.4) is 0 Å². The van der Waals surface area contributed by atoms with Gasteiger partial charge in [-0.3, -0.25) is 13.7 Å². The fourth-order valence-corrected chi connectivity index (χ4v) is 4.07. The number of carbonyl (C=O) groups excluding carboxylic acids is 1. The molecule has 2 aromatic rings. The molecule has 1 amide bonds. The van der Waals surface area contributed by atoms with E-state index in [0.717, 1.165) is 11.1 Å². The Morgan fingerprint density at radius 3 is 2.59 bits per heavy atom. The molecule has 1 aliphatic rings. The first-order valence-corrected chi connectivity index (χ1v) is 10.7. The topological polar surface area (TPSA) is 64.0 Å². The SMILES string of the molecule is CS(=O)c1cccc(NC(=O)c2c(C(F)(F)F)cnn2CC2(F)CCCCC2)c1. The molecule has 1 atom stereocenters. The molecule has 1 heterocycles. The van der Waals surface area contributed by atoms with Crippen LogP contribution in [-0.4, -0.2) is 31.8 Å². The molecule has 5 nitrogen and oxygen atoms in total. The van der Waals surface area contributed by atoms with Crippen molar-refractivity contribution in [3.63, 3.8) is 0 Å². The number of nitrogens with one attached hydrogen (secondary N) is 1. The molecule has 1 aliphatic carbocycles. The Balaban J connectivity index is 1.93. The van der Waals surface area contributed by atoms with Crippen LogP contribution in [0.15, 0.2) is 35.4 Å². The van der Waals surface area contributed by atoms with Crippen LogP contribution >= 0.6 is 0 Å². The van der Waals surface area contributed by atoms with Gasteiger partial charge >= 0.3 is 6.18 Å². The predicted octanol–water partition coefficient (Wildman–Crippen LogP) is 4.56. The van der Waals surface area contributed by atoms with Gasteiger partial charge in [-0.15, -0.1) is 0 Å². The molecule has 0 radical (unpaired) electrons. The van der Waals surface area contributed by atoms with Gasteiger partial charge < -0.3 is 5.32 Å². The molecule has 158 valence electrons. The summed E-state index contributed by atoms with van der Waals surface area (Å²) in [5.74, 6) is -1.05. The third-order valence-electron chi connectivity index (χ3n) is 4.97. The van der Waals surface area contributed by atoms with E-state index in [1.807, 2.05) is 0 Å². The lowest BCUT2D eigenvalue weighted by molar-refractivity contribution is -0.138. The summed E-state index contributed by atoms with van der Waals surface area (Å²) in [5, 5.41) is 6.06. The van der Waals surface area contributed by atoms with Crippen LogP contribution in [0.1, 0.15) is 48.2 Å². The van der Waals surface area contributed by atoms with Gasteiger partial charge in [0.25, 0.3) is 5.91 Å². The standard InChI is InChI=1S/C19H21F4N3O2S/c1-29(28)14-7-5-6-13(10-14)25-17(27)16-15(19(21,22)23)11-24-26(16)12-18(20)8-3-2-4-9-18/h5-7,10-11H,2-4,8-9,12H2,1H3,(H,25,27). The molecule has 0 saturated heterocycles. The molecular weight excluding hydrogens is 410 g/mol. The Morgan fingerprint density at radius 1 is 1.28 bits per heavy atom. The maximum atomic E-state index is 15.1. The van der Waals surface area contributed by atoms with Crippen molar-refractivity contribution in [2.24, 2.45) is 0 Å². The normalized spacial score (nSPS) is 17.7. The molecule has 10 heteroatoms. The Hall–Kier alpha value is -2.23. The first-order chi connectivity index (χ1) is 13.6. The van der Waals surface area contributed by atoms with E-state index >= 15 is 4.39 Å². The van der Waals surface area contributed by atoms with Crippen molar-refractivity contribution in [2.75, 3.05) is 11.6 Å². The van der Waals surface area contributed by atoms with Gasteiger partial charge in [0.1, 0.15) is 16.9 Å². The number of rotatable bonds is 5. The number of hydrogen-bond acceptors (Lipinski definition) is 3. The fourth-order valence-electron chi connectivity index (χ4n) is 3.51. The molecule has 0 aliphatic heterocycles. The lowest BCUT2D eigenvalue weighted by Gasteiger charge is -2.29. The third kappa shape index (κ3) is 5.04. The maximum Gasteiger partial charge on any atom is 0.420 e. The average molecular weight is 431 g/mol. The number of hydrogen-bond donors (Lipinski definition) is 1. The van der Waals surface area contributed by atoms with Gasteiger partial charge in [-0.1, -0.05) is 25.3 Å². The first kappa shape index (κ1) is 21.5. The number of nitrogens with zero attached hydrogens (tertiary/aromatic N) is 2. The van der Waals surface area contributed by atoms with Crippen molar-refractivity contribution >= 4 is 22.4 Å². The van der Waals surface area contributed by atoms with Gasteiger partial charge in [0, 0.05) is 27.6 Å². The van der Waals surface area contributed by atoms with Crippen molar-refractivity contribution in [3.8, 4) is 0 Å². The van der Waals surface area contributed by atoms with Crippen molar-refractivity contribution < 1.29 is 26.6 Å². The summed E-state index contributed by atoms with van der Waals surface area (Å²) in [6, 6.07) is 6.00. The van der Waals surface area contributed by atoms with E-state index in [1.54, 1.807) is 6.07 Å². The lowest BCUT2D eigenvalue weighted by Crippen LogP contribution is -2.34. The zero-order valence-corrected chi connectivity index (χ0v) is 16.6. The van der Waals surface area contributed by atoms with Gasteiger partial charge in [0.15, 0.2) is 0 Å². The number of halogens is 4. The number of alkyl halides is 4. The highest BCUT2D eigenvalue weighted by atomic mass is 32.2. The van der Waals surface area contributed by atoms with Crippen LogP contribution in [0.2, 0.25) is 0 Å². The second kappa shape index (κ2) is 8.25. The van der Waals surface area contributed by atoms with Gasteiger partial charge in [-0.05, 0) is 31.0 Å². The predicted molar refractivity (Wildman–Crippen MR) is 101 cm³/mol. The number of carbonyl (C=O) groups is 1. The molecule has 0 bridgehead atoms. The molecule has 1 aromatic carbocycles. The van der Waals surface area contributed by atoms with Crippen LogP contribution in [0, 0.1) is 0 Å². The molecule has 1 saturated carbocycles. The fraction of sp³-hybridized carbons (Fsp3) is 0.474. The van der Waals surface area contributed by atoms with E-state index in [4.69, 9.17) is 0 Å². The van der Waals surface area contributed by atoms with Crippen LogP contribution in [0.25, 0.3) is 0 Å². The molecule has 1 aromatic heterocycles. The Bertz CT molecular complexity index is 920. The van der Waals surface area contributed by atoms with Gasteiger partial charge in [0.2, 0.25) is 0 Å². The van der Waals surface area contributed by atoms with Gasteiger partial charge in [0.05, 0.1) is 12.7 Å². The second-order valence-electron chi connectivity index (χ2n) is 7.21. The highest BCUT2D eigenvalue weighted by Crippen LogP contribution is 2.36. The molecule has 29 heavy (non-hydrogen) atoms. The largest absolute Gasteiger partial charge is 0.420 e. The summed E-state index contributed by atoms with van der Waals surface area (Å²) in [6.45, 7) is -0.412. The number of benzene rings is 1. The molecule has 1 fully saturated rings. The first-order valence-electron chi connectivity index (χ1n) is 9.16. The zero-order valence-electron chi connectivity index (χ0n) is 15.8. The summed E-state index contributed by atoms with van der Waals surface area (Å²) in [4.78, 5) is 13.1. The summed E-state index contributed by atoms with van der Waals surface area (Å²) >= 11 is 0. The van der Waals surface area contributed by atoms with Crippen molar-refractivity contribution in [3.05, 3.63) is 41.7 Å². The minimum atomic E-state index is -4.81. The van der Waals surface area contributed by atoms with E-state index < -0.39 is 46.4 Å². The van der Waals surface area contributed by atoms with Crippen molar-refractivity contribution in [1.29, 1.82) is 0 Å². The quantitative estimate of drug-likeness (QED) is 0.706. The highest BCUT2D eigenvalue weighted by molar-refractivity contribution is 7.84. The molecule has 0 spiro atoms. The second-order valence-corrected chi connectivity index (χ2v) is 8.59. The van der Waals surface area contributed by atoms with Crippen LogP contribution in [0.4, 0.5) is 23.2 Å². The molecular formula is C19H21F4N3O2S. The van der Waals surface area contributed by atoms with Crippen LogP contribution in [-0.2, 0) is 23.5 Å². The highest BCUT2D eigenvalue weighted by Gasteiger charge is 2.41. The van der Waals surface area contributed by atoms with E-state index in [9.17, 15) is 22.2 Å². The Kier molecular flexibility index (Phi) is 6.11. The van der Waals surface area contributed by atoms with Crippen LogP contribution < -0.4 is 5.32 Å². The minimum Gasteiger partial charge on any atom is -0.321 e. The molecule has 1 unspecified atom stereocenters. The van der Waals surface area contributed by atoms with E-state index in [2.05, 4.69) is 10.4 Å². The Morgan fingerprint density at radius 2 is 1.97 bits per heavy atom. The summed E-state index contributed by atoms with van der Waals surface area (Å²) in [6.07, 6.45) is -0.200. The smallest absolute Gasteiger partial charge is 0.321 e. The minimum absolute atomic E-state index is 0.191. The lowest BCUT2D eigenvalue weighted by atomic mass is 9.86. The van der Waals surface area contributed by atoms with Crippen molar-refractivity contribution in [2.45, 2.75) is 55.4 Å². The third-order valence-corrected chi connectivity index (χ3v) is 5.88. The maximum absolute atomic E-state index is 15.1. The van der Waals surface area contributed by atoms with E-state index in [1.165, 1.54) is 24.5 Å². The summed E-state index contributed by atoms with van der Waals surface area (Å²) < 4.78 is 67.8. The van der Waals surface area contributed by atoms with E-state index in [0.29, 0.717) is 23.9 Å². The van der Waals surface area contributed by atoms with Gasteiger partial charge in [-0.25, -0.2) is 4.39 Å². The van der Waals surface area contributed by atoms with Crippen LogP contribution in [0.5, 0.6) is 0 Å². The van der Waals surface area contributed by atoms with Gasteiger partial charge in [-0.2, -0.15) is 18.3 Å². The number of anilines is 1. The molecule has 3 rings (SSSR count). The average Bonchev–Trinajstić information content (AvgIpc) is 3.06. The monoisotopic (exact) mass is 431 g/mol. The summed E-state index contributed by atoms with van der Waals surface area (Å²) in [7, 11) is -1.32. The zero-order chi connectivity index (χ0) is 21.2. The Labute approximate surface area is 167 Å². The van der Waals surface area contributed by atoms with E-state index in [-0.39, 0.29) is 18.5 Å². The molecule has 1 N–H and O–H groups in total.